The van der Waals surface area contributed by atoms with Gasteiger partial charge in [-0.05, 0) is 58.0 Å². The number of para-hydroxylation sites is 2. The zero-order valence-corrected chi connectivity index (χ0v) is 16.4. The van der Waals surface area contributed by atoms with E-state index >= 15 is 0 Å². The van der Waals surface area contributed by atoms with Gasteiger partial charge in [0.15, 0.2) is 0 Å². The van der Waals surface area contributed by atoms with Crippen LogP contribution in [0.2, 0.25) is 0 Å². The van der Waals surface area contributed by atoms with Crippen LogP contribution >= 0.6 is 0 Å². The zero-order chi connectivity index (χ0) is 20.7. The summed E-state index contributed by atoms with van der Waals surface area (Å²) < 4.78 is 5.16. The minimum absolute atomic E-state index is 0.383. The molecular weight excluding hydrogens is 356 g/mol. The molecule has 0 saturated carbocycles. The van der Waals surface area contributed by atoms with Gasteiger partial charge in [0.1, 0.15) is 11.6 Å². The number of carbonyl (C=O) groups is 2. The van der Waals surface area contributed by atoms with E-state index in [1.54, 1.807) is 64.1 Å². The molecule has 0 aliphatic heterocycles. The van der Waals surface area contributed by atoms with Crippen molar-refractivity contribution in [1.29, 1.82) is 5.26 Å². The van der Waals surface area contributed by atoms with Gasteiger partial charge < -0.3 is 20.7 Å². The van der Waals surface area contributed by atoms with Crippen LogP contribution in [0.15, 0.2) is 48.5 Å². The van der Waals surface area contributed by atoms with E-state index < -0.39 is 17.7 Å². The van der Waals surface area contributed by atoms with E-state index in [0.29, 0.717) is 16.9 Å². The molecule has 2 aromatic carbocycles. The molecule has 0 heterocycles. The normalized spacial score (nSPS) is 11.7. The molecule has 2 rings (SSSR count). The number of alkyl carbamates (subject to hydrolysis) is 1. The van der Waals surface area contributed by atoms with Crippen molar-refractivity contribution in [2.45, 2.75) is 39.3 Å². The Morgan fingerprint density at radius 3 is 2.39 bits per heavy atom. The summed E-state index contributed by atoms with van der Waals surface area (Å²) in [5.41, 5.74) is 1.82. The van der Waals surface area contributed by atoms with E-state index in [2.05, 4.69) is 22.0 Å². The number of anilines is 3. The Morgan fingerprint density at radius 1 is 1.07 bits per heavy atom. The van der Waals surface area contributed by atoms with E-state index in [4.69, 9.17) is 10.00 Å². The average Bonchev–Trinajstić information content (AvgIpc) is 2.61. The minimum atomic E-state index is -0.787. The third-order valence-electron chi connectivity index (χ3n) is 3.58. The highest BCUT2D eigenvalue weighted by Crippen LogP contribution is 2.25. The molecule has 28 heavy (non-hydrogen) atoms. The fourth-order valence-electron chi connectivity index (χ4n) is 2.31. The Kier molecular flexibility index (Phi) is 6.61. The second-order valence-corrected chi connectivity index (χ2v) is 7.22. The molecule has 0 aromatic heterocycles. The van der Waals surface area contributed by atoms with E-state index in [1.165, 1.54) is 0 Å². The first-order valence-corrected chi connectivity index (χ1v) is 8.84. The van der Waals surface area contributed by atoms with Crippen molar-refractivity contribution < 1.29 is 14.3 Å². The van der Waals surface area contributed by atoms with Crippen LogP contribution in [-0.2, 0) is 9.53 Å². The smallest absolute Gasteiger partial charge is 0.408 e. The van der Waals surface area contributed by atoms with Gasteiger partial charge in [0.25, 0.3) is 0 Å². The lowest BCUT2D eigenvalue weighted by Gasteiger charge is -2.22. The number of nitrogens with zero attached hydrogens (tertiary/aromatic N) is 1. The summed E-state index contributed by atoms with van der Waals surface area (Å²) in [6.45, 7) is 6.83. The number of carbonyl (C=O) groups excluding carboxylic acids is 2. The maximum absolute atomic E-state index is 12.5. The highest BCUT2D eigenvalue weighted by molar-refractivity contribution is 5.99. The van der Waals surface area contributed by atoms with Crippen LogP contribution in [0.25, 0.3) is 0 Å². The number of rotatable bonds is 5. The van der Waals surface area contributed by atoms with Crippen LogP contribution in [0.1, 0.15) is 33.3 Å². The maximum Gasteiger partial charge on any atom is 0.408 e. The second kappa shape index (κ2) is 8.91. The van der Waals surface area contributed by atoms with Crippen LogP contribution < -0.4 is 16.0 Å². The number of benzene rings is 2. The van der Waals surface area contributed by atoms with Gasteiger partial charge in [0.05, 0.1) is 23.0 Å². The van der Waals surface area contributed by atoms with Gasteiger partial charge in [-0.15, -0.1) is 0 Å². The molecule has 0 aliphatic rings. The highest BCUT2D eigenvalue weighted by Gasteiger charge is 2.21. The molecule has 2 aromatic rings. The van der Waals surface area contributed by atoms with Gasteiger partial charge in [0.2, 0.25) is 5.91 Å². The van der Waals surface area contributed by atoms with E-state index in [0.717, 1.165) is 5.69 Å². The monoisotopic (exact) mass is 380 g/mol. The number of ether oxygens (including phenoxy) is 1. The molecule has 0 bridgehead atoms. The van der Waals surface area contributed by atoms with Crippen molar-refractivity contribution in [2.24, 2.45) is 0 Å². The predicted molar refractivity (Wildman–Crippen MR) is 108 cm³/mol. The third-order valence-corrected chi connectivity index (χ3v) is 3.58. The first-order valence-electron chi connectivity index (χ1n) is 8.84. The lowest BCUT2D eigenvalue weighted by atomic mass is 10.2. The van der Waals surface area contributed by atoms with Crippen molar-refractivity contribution in [2.75, 3.05) is 10.6 Å². The van der Waals surface area contributed by atoms with Crippen LogP contribution in [-0.4, -0.2) is 23.6 Å². The largest absolute Gasteiger partial charge is 0.444 e. The zero-order valence-electron chi connectivity index (χ0n) is 16.4. The Hall–Kier alpha value is -3.53. The van der Waals surface area contributed by atoms with E-state index in [1.807, 2.05) is 12.1 Å². The molecule has 1 atom stereocenters. The van der Waals surface area contributed by atoms with Crippen LogP contribution in [0.4, 0.5) is 21.9 Å². The van der Waals surface area contributed by atoms with Gasteiger partial charge in [-0.2, -0.15) is 5.26 Å². The van der Waals surface area contributed by atoms with Crippen molar-refractivity contribution in [3.05, 3.63) is 54.1 Å². The van der Waals surface area contributed by atoms with Gasteiger partial charge in [0, 0.05) is 5.69 Å². The van der Waals surface area contributed by atoms with Crippen molar-refractivity contribution in [3.63, 3.8) is 0 Å². The Bertz CT molecular complexity index is 897. The first kappa shape index (κ1) is 20.8. The van der Waals surface area contributed by atoms with E-state index in [-0.39, 0.29) is 5.91 Å². The Balaban J connectivity index is 2.07. The average molecular weight is 380 g/mol. The summed E-state index contributed by atoms with van der Waals surface area (Å²) in [5, 5.41) is 17.5. The fourth-order valence-corrected chi connectivity index (χ4v) is 2.31. The standard InChI is InChI=1S/C21H24N4O3/c1-14(23-20(27)28-21(2,3)4)19(26)25-18-11-6-5-10-17(18)24-16-9-7-8-15(12-16)13-22/h5-12,14,24H,1-4H3,(H,23,27)(H,25,26)/t14-/m0/s1. The maximum atomic E-state index is 12.5. The quantitative estimate of drug-likeness (QED) is 0.723. The van der Waals surface area contributed by atoms with Crippen LogP contribution in [0.3, 0.4) is 0 Å². The Labute approximate surface area is 164 Å². The minimum Gasteiger partial charge on any atom is -0.444 e. The molecule has 0 fully saturated rings. The van der Waals surface area contributed by atoms with Gasteiger partial charge in [-0.1, -0.05) is 18.2 Å². The molecule has 7 heteroatoms. The van der Waals surface area contributed by atoms with Crippen LogP contribution in [0.5, 0.6) is 0 Å². The molecule has 3 N–H and O–H groups in total. The summed E-state index contributed by atoms with van der Waals surface area (Å²) >= 11 is 0. The SMILES string of the molecule is C[C@H](NC(=O)OC(C)(C)C)C(=O)Nc1ccccc1Nc1cccc(C#N)c1. The lowest BCUT2D eigenvalue weighted by Crippen LogP contribution is -2.44. The lowest BCUT2D eigenvalue weighted by molar-refractivity contribution is -0.117. The molecular formula is C21H24N4O3. The van der Waals surface area contributed by atoms with Crippen LogP contribution in [0, 0.1) is 11.3 Å². The second-order valence-electron chi connectivity index (χ2n) is 7.22. The number of amides is 2. The molecule has 0 unspecified atom stereocenters. The van der Waals surface area contributed by atoms with E-state index in [9.17, 15) is 9.59 Å². The summed E-state index contributed by atoms with van der Waals surface area (Å²) in [6, 6.07) is 15.5. The molecule has 0 aliphatic carbocycles. The molecule has 146 valence electrons. The highest BCUT2D eigenvalue weighted by atomic mass is 16.6. The van der Waals surface area contributed by atoms with Crippen molar-refractivity contribution >= 4 is 29.1 Å². The fraction of sp³-hybridized carbons (Fsp3) is 0.286. The number of nitriles is 1. The molecule has 7 nitrogen and oxygen atoms in total. The first-order chi connectivity index (χ1) is 13.2. The molecule has 2 amide bonds. The molecule has 0 spiro atoms. The number of hydrogen-bond acceptors (Lipinski definition) is 5. The summed E-state index contributed by atoms with van der Waals surface area (Å²) in [5.74, 6) is -0.383. The van der Waals surface area contributed by atoms with Gasteiger partial charge >= 0.3 is 6.09 Å². The molecule has 0 radical (unpaired) electrons. The molecule has 0 saturated heterocycles. The summed E-state index contributed by atoms with van der Waals surface area (Å²) in [7, 11) is 0. The van der Waals surface area contributed by atoms with Crippen molar-refractivity contribution in [3.8, 4) is 6.07 Å². The Morgan fingerprint density at radius 2 is 1.75 bits per heavy atom. The predicted octanol–water partition coefficient (Wildman–Crippen LogP) is 4.15. The number of nitrogens with one attached hydrogen (secondary N) is 3. The summed E-state index contributed by atoms with van der Waals surface area (Å²) in [6.07, 6.45) is -0.658. The third kappa shape index (κ3) is 6.32. The summed E-state index contributed by atoms with van der Waals surface area (Å²) in [4.78, 5) is 24.3. The topological polar surface area (TPSA) is 103 Å². The van der Waals surface area contributed by atoms with Crippen molar-refractivity contribution in [1.82, 2.24) is 5.32 Å². The number of hydrogen-bond donors (Lipinski definition) is 3. The van der Waals surface area contributed by atoms with Gasteiger partial charge in [-0.25, -0.2) is 4.79 Å². The van der Waals surface area contributed by atoms with Gasteiger partial charge in [-0.3, -0.25) is 4.79 Å².